The highest BCUT2D eigenvalue weighted by molar-refractivity contribution is 7.90. The van der Waals surface area contributed by atoms with Crippen molar-refractivity contribution in [3.05, 3.63) is 60.1 Å². The van der Waals surface area contributed by atoms with E-state index >= 15 is 4.39 Å². The van der Waals surface area contributed by atoms with Crippen molar-refractivity contribution in [3.63, 3.8) is 0 Å². The molecule has 1 aromatic heterocycles. The molecule has 1 amide bonds. The molecule has 7 nitrogen and oxygen atoms in total. The summed E-state index contributed by atoms with van der Waals surface area (Å²) in [5.41, 5.74) is 1.63. The van der Waals surface area contributed by atoms with Crippen molar-refractivity contribution in [1.29, 1.82) is 0 Å². The van der Waals surface area contributed by atoms with Crippen LogP contribution in [0.2, 0.25) is 0 Å². The normalized spacial score (nSPS) is 17.1. The second-order valence-corrected chi connectivity index (χ2v) is 9.48. The molecule has 2 aromatic carbocycles. The van der Waals surface area contributed by atoms with Gasteiger partial charge in [0.1, 0.15) is 5.75 Å². The Balaban J connectivity index is 1.70. The number of rotatable bonds is 3. The molecule has 0 saturated carbocycles. The van der Waals surface area contributed by atoms with E-state index in [1.807, 2.05) is 13.1 Å². The average molecular weight is 441 g/mol. The molecule has 0 radical (unpaired) electrons. The molecule has 0 spiro atoms. The van der Waals surface area contributed by atoms with Crippen LogP contribution < -0.4 is 10.1 Å². The summed E-state index contributed by atoms with van der Waals surface area (Å²) in [5.74, 6) is -0.820. The fourth-order valence-electron chi connectivity index (χ4n) is 4.05. The molecular formula is C22H20FN3O4S. The molecule has 3 heterocycles. The molecule has 0 fully saturated rings. The minimum absolute atomic E-state index is 0.135. The smallest absolute Gasteiger partial charge is 0.270 e. The van der Waals surface area contributed by atoms with Gasteiger partial charge in [-0.25, -0.2) is 12.4 Å². The minimum Gasteiger partial charge on any atom is -0.482 e. The number of benzene rings is 2. The first-order valence-corrected chi connectivity index (χ1v) is 11.3. The first-order valence-electron chi connectivity index (χ1n) is 9.85. The zero-order valence-electron chi connectivity index (χ0n) is 16.8. The van der Waals surface area contributed by atoms with Crippen molar-refractivity contribution in [1.82, 2.24) is 8.87 Å². The fraction of sp³-hybridized carbons (Fsp3) is 0.227. The average Bonchev–Trinajstić information content (AvgIpc) is 3.06. The van der Waals surface area contributed by atoms with Gasteiger partial charge in [0, 0.05) is 24.0 Å². The number of ether oxygens (including phenoxy) is 1. The summed E-state index contributed by atoms with van der Waals surface area (Å²) in [5, 5.41) is 3.14. The number of aromatic nitrogens is 1. The number of fused-ring (bicyclic) bond motifs is 2. The van der Waals surface area contributed by atoms with E-state index in [2.05, 4.69) is 10.2 Å². The van der Waals surface area contributed by atoms with Crippen LogP contribution in [0.1, 0.15) is 12.0 Å². The minimum atomic E-state index is -4.28. The Morgan fingerprint density at radius 1 is 1.16 bits per heavy atom. The lowest BCUT2D eigenvalue weighted by molar-refractivity contribution is -0.118. The SMILES string of the molecule is CN1CC=C(c2c(F)n(S(=O)(=O)c3ccc4c(c3)NC(=O)CO4)c3ccccc23)CC1. The van der Waals surface area contributed by atoms with Crippen molar-refractivity contribution in [3.8, 4) is 5.75 Å². The molecule has 2 aliphatic heterocycles. The summed E-state index contributed by atoms with van der Waals surface area (Å²) in [6.45, 7) is 1.30. The summed E-state index contributed by atoms with van der Waals surface area (Å²) >= 11 is 0. The van der Waals surface area contributed by atoms with E-state index in [0.29, 0.717) is 29.7 Å². The largest absolute Gasteiger partial charge is 0.482 e. The van der Waals surface area contributed by atoms with E-state index in [1.54, 1.807) is 24.3 Å². The predicted octanol–water partition coefficient (Wildman–Crippen LogP) is 3.07. The second-order valence-electron chi connectivity index (χ2n) is 7.69. The molecule has 31 heavy (non-hydrogen) atoms. The van der Waals surface area contributed by atoms with Gasteiger partial charge in [-0.15, -0.1) is 0 Å². The summed E-state index contributed by atoms with van der Waals surface area (Å²) in [6.07, 6.45) is 2.57. The van der Waals surface area contributed by atoms with Crippen molar-refractivity contribution < 1.29 is 22.3 Å². The van der Waals surface area contributed by atoms with Crippen molar-refractivity contribution in [2.45, 2.75) is 11.3 Å². The highest BCUT2D eigenvalue weighted by Gasteiger charge is 2.30. The Morgan fingerprint density at radius 2 is 1.97 bits per heavy atom. The van der Waals surface area contributed by atoms with E-state index in [-0.39, 0.29) is 28.6 Å². The molecule has 0 saturated heterocycles. The number of hydrogen-bond donors (Lipinski definition) is 1. The Bertz CT molecular complexity index is 1360. The first kappa shape index (κ1) is 19.8. The van der Waals surface area contributed by atoms with Gasteiger partial charge in [0.25, 0.3) is 15.9 Å². The van der Waals surface area contributed by atoms with Crippen molar-refractivity contribution in [2.24, 2.45) is 0 Å². The zero-order chi connectivity index (χ0) is 21.8. The van der Waals surface area contributed by atoms with Gasteiger partial charge < -0.3 is 15.0 Å². The van der Waals surface area contributed by atoms with Crippen molar-refractivity contribution in [2.75, 3.05) is 32.1 Å². The van der Waals surface area contributed by atoms with Gasteiger partial charge in [0.2, 0.25) is 5.95 Å². The lowest BCUT2D eigenvalue weighted by Crippen LogP contribution is -2.26. The number of likely N-dealkylation sites (N-methyl/N-ethyl adjacent to an activating group) is 1. The van der Waals surface area contributed by atoms with Gasteiger partial charge >= 0.3 is 0 Å². The molecule has 0 aliphatic carbocycles. The molecule has 160 valence electrons. The van der Waals surface area contributed by atoms with Crippen LogP contribution in [0.5, 0.6) is 5.75 Å². The number of amides is 1. The van der Waals surface area contributed by atoms with Crippen LogP contribution in [0.25, 0.3) is 16.5 Å². The van der Waals surface area contributed by atoms with Gasteiger partial charge in [-0.1, -0.05) is 24.3 Å². The van der Waals surface area contributed by atoms with Crippen LogP contribution in [0.3, 0.4) is 0 Å². The summed E-state index contributed by atoms with van der Waals surface area (Å²) in [6, 6.07) is 10.9. The van der Waals surface area contributed by atoms with Gasteiger partial charge in [0.05, 0.1) is 16.1 Å². The van der Waals surface area contributed by atoms with Crippen LogP contribution in [-0.2, 0) is 14.8 Å². The number of halogens is 1. The third-order valence-corrected chi connectivity index (χ3v) is 7.32. The van der Waals surface area contributed by atoms with E-state index in [4.69, 9.17) is 4.74 Å². The number of carbonyl (C=O) groups is 1. The molecular weight excluding hydrogens is 421 g/mol. The lowest BCUT2D eigenvalue weighted by atomic mass is 9.99. The van der Waals surface area contributed by atoms with Crippen LogP contribution in [0.4, 0.5) is 10.1 Å². The fourth-order valence-corrected chi connectivity index (χ4v) is 5.48. The Labute approximate surface area is 178 Å². The number of nitrogens with one attached hydrogen (secondary N) is 1. The van der Waals surface area contributed by atoms with E-state index in [0.717, 1.165) is 16.1 Å². The predicted molar refractivity (Wildman–Crippen MR) is 115 cm³/mol. The summed E-state index contributed by atoms with van der Waals surface area (Å²) < 4.78 is 48.9. The summed E-state index contributed by atoms with van der Waals surface area (Å²) in [7, 11) is -2.30. The quantitative estimate of drug-likeness (QED) is 0.676. The highest BCUT2D eigenvalue weighted by Crippen LogP contribution is 2.37. The molecule has 2 aliphatic rings. The number of hydrogen-bond acceptors (Lipinski definition) is 5. The number of nitrogens with zero attached hydrogens (tertiary/aromatic N) is 2. The zero-order valence-corrected chi connectivity index (χ0v) is 17.6. The lowest BCUT2D eigenvalue weighted by Gasteiger charge is -2.21. The monoisotopic (exact) mass is 441 g/mol. The summed E-state index contributed by atoms with van der Waals surface area (Å²) in [4.78, 5) is 13.6. The Morgan fingerprint density at radius 3 is 2.74 bits per heavy atom. The number of anilines is 1. The van der Waals surface area contributed by atoms with Crippen molar-refractivity contribution >= 4 is 38.1 Å². The standard InChI is InChI=1S/C22H20FN3O4S/c1-25-10-8-14(9-11-25)21-16-4-2-3-5-18(16)26(22(21)23)31(28,29)15-6-7-19-17(12-15)24-20(27)13-30-19/h2-8,12H,9-11,13H2,1H3,(H,24,27). The maximum atomic E-state index is 15.8. The molecule has 0 bridgehead atoms. The van der Waals surface area contributed by atoms with Crippen LogP contribution >= 0.6 is 0 Å². The van der Waals surface area contributed by atoms with Gasteiger partial charge in [-0.2, -0.15) is 4.39 Å². The van der Waals surface area contributed by atoms with E-state index in [1.165, 1.54) is 18.2 Å². The van der Waals surface area contributed by atoms with E-state index in [9.17, 15) is 13.2 Å². The van der Waals surface area contributed by atoms with Crippen LogP contribution in [0.15, 0.2) is 53.4 Å². The highest BCUT2D eigenvalue weighted by atomic mass is 32.2. The third-order valence-electron chi connectivity index (χ3n) is 5.63. The molecule has 5 rings (SSSR count). The Kier molecular flexibility index (Phi) is 4.60. The Hall–Kier alpha value is -3.17. The maximum Gasteiger partial charge on any atom is 0.270 e. The maximum absolute atomic E-state index is 15.8. The molecule has 1 N–H and O–H groups in total. The van der Waals surface area contributed by atoms with Crippen LogP contribution in [-0.4, -0.2) is 49.9 Å². The van der Waals surface area contributed by atoms with E-state index < -0.39 is 16.0 Å². The van der Waals surface area contributed by atoms with Gasteiger partial charge in [-0.05, 0) is 43.3 Å². The third kappa shape index (κ3) is 3.21. The molecule has 0 atom stereocenters. The van der Waals surface area contributed by atoms with Gasteiger partial charge in [0.15, 0.2) is 6.61 Å². The topological polar surface area (TPSA) is 80.6 Å². The molecule has 9 heteroatoms. The van der Waals surface area contributed by atoms with Crippen LogP contribution in [0, 0.1) is 5.95 Å². The number of para-hydroxylation sites is 1. The number of carbonyl (C=O) groups excluding carboxylic acids is 1. The second kappa shape index (κ2) is 7.21. The molecule has 3 aromatic rings. The first-order chi connectivity index (χ1) is 14.9. The van der Waals surface area contributed by atoms with Gasteiger partial charge in [-0.3, -0.25) is 4.79 Å². The molecule has 0 unspecified atom stereocenters.